The molecule has 0 aliphatic carbocycles. The Hall–Kier alpha value is -1.63. The number of carbonyl (C=O) groups excluding carboxylic acids is 2. The molecule has 6 nitrogen and oxygen atoms in total. The first-order chi connectivity index (χ1) is 12.0. The van der Waals surface area contributed by atoms with Crippen LogP contribution in [0, 0.1) is 5.92 Å². The van der Waals surface area contributed by atoms with Gasteiger partial charge in [0.2, 0.25) is 11.8 Å². The van der Waals surface area contributed by atoms with E-state index in [9.17, 15) is 9.59 Å². The molecule has 1 aromatic carbocycles. The Morgan fingerprint density at radius 2 is 1.88 bits per heavy atom. The van der Waals surface area contributed by atoms with Crippen LogP contribution in [-0.2, 0) is 14.3 Å². The highest BCUT2D eigenvalue weighted by atomic mass is 35.5. The third kappa shape index (κ3) is 6.27. The van der Waals surface area contributed by atoms with E-state index in [4.69, 9.17) is 10.5 Å². The second kappa shape index (κ2) is 11.2. The summed E-state index contributed by atoms with van der Waals surface area (Å²) >= 11 is 0. The largest absolute Gasteiger partial charge is 0.378 e. The molecule has 0 saturated carbocycles. The van der Waals surface area contributed by atoms with E-state index in [0.29, 0.717) is 26.1 Å². The lowest BCUT2D eigenvalue weighted by Gasteiger charge is -2.34. The maximum absolute atomic E-state index is 12.7. The number of nitrogens with zero attached hydrogens (tertiary/aromatic N) is 1. The lowest BCUT2D eigenvalue weighted by molar-refractivity contribution is -0.138. The molecule has 3 N–H and O–H groups in total. The van der Waals surface area contributed by atoms with Crippen LogP contribution in [0.4, 0.5) is 0 Å². The van der Waals surface area contributed by atoms with E-state index in [-0.39, 0.29) is 42.3 Å². The number of nitrogens with two attached hydrogens (primary N) is 1. The molecule has 0 aromatic heterocycles. The van der Waals surface area contributed by atoms with Crippen LogP contribution < -0.4 is 11.1 Å². The third-order valence-corrected chi connectivity index (χ3v) is 4.83. The molecule has 2 unspecified atom stereocenters. The number of nitrogens with one attached hydrogen (secondary N) is 1. The van der Waals surface area contributed by atoms with Gasteiger partial charge in [0.05, 0.1) is 18.6 Å². The Morgan fingerprint density at radius 1 is 1.27 bits per heavy atom. The summed E-state index contributed by atoms with van der Waals surface area (Å²) < 4.78 is 5.74. The van der Waals surface area contributed by atoms with Crippen LogP contribution in [0.5, 0.6) is 0 Å². The second-order valence-electron chi connectivity index (χ2n) is 6.54. The molecule has 0 spiro atoms. The topological polar surface area (TPSA) is 84.7 Å². The molecule has 1 heterocycles. The van der Waals surface area contributed by atoms with Crippen molar-refractivity contribution in [3.8, 4) is 0 Å². The fraction of sp³-hybridized carbons (Fsp3) is 0.579. The molecule has 1 saturated heterocycles. The average Bonchev–Trinajstić information content (AvgIpc) is 2.67. The van der Waals surface area contributed by atoms with Gasteiger partial charge in [-0.2, -0.15) is 0 Å². The van der Waals surface area contributed by atoms with Crippen LogP contribution >= 0.6 is 12.4 Å². The van der Waals surface area contributed by atoms with Crippen molar-refractivity contribution in [1.82, 2.24) is 10.2 Å². The number of carbonyl (C=O) groups is 2. The number of halogens is 1. The van der Waals surface area contributed by atoms with Crippen LogP contribution in [0.2, 0.25) is 0 Å². The van der Waals surface area contributed by atoms with Crippen molar-refractivity contribution in [2.45, 2.75) is 38.3 Å². The van der Waals surface area contributed by atoms with E-state index in [1.165, 1.54) is 0 Å². The standard InChI is InChI=1S/C19H29N3O3.ClH/c1-14(18(20)15-6-4-3-5-7-15)19(24)22-11-8-16(9-12-22)25-13-10-17(23)21-2;/h3-7,14,16,18H,8-13,20H2,1-2H3,(H,21,23);1H. The van der Waals surface area contributed by atoms with E-state index in [1.54, 1.807) is 7.05 Å². The van der Waals surface area contributed by atoms with Gasteiger partial charge in [-0.15, -0.1) is 12.4 Å². The van der Waals surface area contributed by atoms with Crippen LogP contribution in [-0.4, -0.2) is 49.6 Å². The van der Waals surface area contributed by atoms with Crippen molar-refractivity contribution in [3.05, 3.63) is 35.9 Å². The maximum atomic E-state index is 12.7. The van der Waals surface area contributed by atoms with Crippen LogP contribution in [0.25, 0.3) is 0 Å². The van der Waals surface area contributed by atoms with E-state index < -0.39 is 0 Å². The van der Waals surface area contributed by atoms with Crippen LogP contribution in [0.3, 0.4) is 0 Å². The third-order valence-electron chi connectivity index (χ3n) is 4.83. The Morgan fingerprint density at radius 3 is 2.46 bits per heavy atom. The number of hydrogen-bond donors (Lipinski definition) is 2. The van der Waals surface area contributed by atoms with Gasteiger partial charge in [0.1, 0.15) is 0 Å². The zero-order valence-corrected chi connectivity index (χ0v) is 16.3. The smallest absolute Gasteiger partial charge is 0.227 e. The molecule has 1 aromatic rings. The summed E-state index contributed by atoms with van der Waals surface area (Å²) in [5, 5.41) is 2.58. The Labute approximate surface area is 161 Å². The molecule has 2 rings (SSSR count). The Balaban J connectivity index is 0.00000338. The molecule has 7 heteroatoms. The van der Waals surface area contributed by atoms with Gasteiger partial charge in [0.25, 0.3) is 0 Å². The summed E-state index contributed by atoms with van der Waals surface area (Å²) in [6, 6.07) is 9.44. The first kappa shape index (κ1) is 22.4. The quantitative estimate of drug-likeness (QED) is 0.753. The summed E-state index contributed by atoms with van der Waals surface area (Å²) in [6.07, 6.45) is 2.09. The number of benzene rings is 1. The number of piperidine rings is 1. The average molecular weight is 384 g/mol. The zero-order chi connectivity index (χ0) is 18.2. The number of likely N-dealkylation sites (tertiary alicyclic amines) is 1. The molecule has 2 atom stereocenters. The van der Waals surface area contributed by atoms with Crippen molar-refractivity contribution in [2.75, 3.05) is 26.7 Å². The van der Waals surface area contributed by atoms with Gasteiger partial charge >= 0.3 is 0 Å². The number of rotatable bonds is 7. The molecule has 1 aliphatic heterocycles. The molecule has 1 aliphatic rings. The lowest BCUT2D eigenvalue weighted by Crippen LogP contribution is -2.45. The maximum Gasteiger partial charge on any atom is 0.227 e. The monoisotopic (exact) mass is 383 g/mol. The van der Waals surface area contributed by atoms with Crippen LogP contribution in [0.1, 0.15) is 37.8 Å². The first-order valence-electron chi connectivity index (χ1n) is 8.94. The molecule has 1 fully saturated rings. The van der Waals surface area contributed by atoms with Gasteiger partial charge in [-0.25, -0.2) is 0 Å². The molecule has 0 bridgehead atoms. The lowest BCUT2D eigenvalue weighted by atomic mass is 9.93. The van der Waals surface area contributed by atoms with Crippen molar-refractivity contribution in [2.24, 2.45) is 11.7 Å². The van der Waals surface area contributed by atoms with Crippen molar-refractivity contribution >= 4 is 24.2 Å². The molecule has 2 amide bonds. The van der Waals surface area contributed by atoms with Crippen molar-refractivity contribution < 1.29 is 14.3 Å². The summed E-state index contributed by atoms with van der Waals surface area (Å²) in [4.78, 5) is 25.8. The van der Waals surface area contributed by atoms with E-state index >= 15 is 0 Å². The fourth-order valence-electron chi connectivity index (χ4n) is 3.09. The van der Waals surface area contributed by atoms with E-state index in [0.717, 1.165) is 18.4 Å². The summed E-state index contributed by atoms with van der Waals surface area (Å²) in [6.45, 7) is 3.67. The Kier molecular flexibility index (Phi) is 9.62. The van der Waals surface area contributed by atoms with Crippen molar-refractivity contribution in [1.29, 1.82) is 0 Å². The molecule has 0 radical (unpaired) electrons. The highest BCUT2D eigenvalue weighted by Gasteiger charge is 2.29. The minimum Gasteiger partial charge on any atom is -0.378 e. The van der Waals surface area contributed by atoms with E-state index in [1.807, 2.05) is 42.2 Å². The summed E-state index contributed by atoms with van der Waals surface area (Å²) in [5.41, 5.74) is 7.25. The second-order valence-corrected chi connectivity index (χ2v) is 6.54. The Bertz CT molecular complexity index is 562. The van der Waals surface area contributed by atoms with Gasteiger partial charge in [0, 0.05) is 32.6 Å². The van der Waals surface area contributed by atoms with Crippen LogP contribution in [0.15, 0.2) is 30.3 Å². The SMILES string of the molecule is CNC(=O)CCOC1CCN(C(=O)C(C)C(N)c2ccccc2)CC1.Cl. The van der Waals surface area contributed by atoms with Gasteiger partial charge in [-0.05, 0) is 18.4 Å². The summed E-state index contributed by atoms with van der Waals surface area (Å²) in [7, 11) is 1.62. The molecular weight excluding hydrogens is 354 g/mol. The molecule has 146 valence electrons. The molecule has 26 heavy (non-hydrogen) atoms. The van der Waals surface area contributed by atoms with Gasteiger partial charge in [-0.3, -0.25) is 9.59 Å². The fourth-order valence-corrected chi connectivity index (χ4v) is 3.09. The number of ether oxygens (including phenoxy) is 1. The highest BCUT2D eigenvalue weighted by molar-refractivity contribution is 5.85. The van der Waals surface area contributed by atoms with Gasteiger partial charge in [-0.1, -0.05) is 37.3 Å². The van der Waals surface area contributed by atoms with Crippen molar-refractivity contribution in [3.63, 3.8) is 0 Å². The summed E-state index contributed by atoms with van der Waals surface area (Å²) in [5.74, 6) is -0.176. The number of amides is 2. The molecular formula is C19H30ClN3O3. The van der Waals surface area contributed by atoms with Gasteiger partial charge < -0.3 is 20.7 Å². The minimum absolute atomic E-state index is 0. The van der Waals surface area contributed by atoms with E-state index in [2.05, 4.69) is 5.32 Å². The predicted molar refractivity (Wildman–Crippen MR) is 104 cm³/mol. The zero-order valence-electron chi connectivity index (χ0n) is 15.5. The van der Waals surface area contributed by atoms with Gasteiger partial charge in [0.15, 0.2) is 0 Å². The predicted octanol–water partition coefficient (Wildman–Crippen LogP) is 1.89. The number of hydrogen-bond acceptors (Lipinski definition) is 4. The highest BCUT2D eigenvalue weighted by Crippen LogP contribution is 2.23. The minimum atomic E-state index is -0.296. The first-order valence-corrected chi connectivity index (χ1v) is 8.94. The normalized spacial score (nSPS) is 17.1.